The van der Waals surface area contributed by atoms with Crippen LogP contribution in [-0.2, 0) is 6.42 Å². The van der Waals surface area contributed by atoms with Gasteiger partial charge in [0.1, 0.15) is 5.82 Å². The largest absolute Gasteiger partial charge is 0.330 e. The highest BCUT2D eigenvalue weighted by Crippen LogP contribution is 2.17. The molecule has 1 atom stereocenters. The predicted molar refractivity (Wildman–Crippen MR) is 59.8 cm³/mol. The molecule has 0 spiro atoms. The SMILES string of the molecule is CCc1nnc2cccc(C(C)CN)n12. The standard InChI is InChI=1S/C11H16N4/c1-3-10-13-14-11-6-4-5-9(15(10)11)8(2)7-12/h4-6,8H,3,7,12H2,1-2H3. The van der Waals surface area contributed by atoms with Gasteiger partial charge in [-0.1, -0.05) is 19.9 Å². The summed E-state index contributed by atoms with van der Waals surface area (Å²) in [7, 11) is 0. The second kappa shape index (κ2) is 3.98. The number of pyridine rings is 1. The Balaban J connectivity index is 2.66. The summed E-state index contributed by atoms with van der Waals surface area (Å²) in [4.78, 5) is 0. The molecule has 80 valence electrons. The van der Waals surface area contributed by atoms with Gasteiger partial charge in [0, 0.05) is 24.6 Å². The van der Waals surface area contributed by atoms with Crippen LogP contribution in [0.4, 0.5) is 0 Å². The topological polar surface area (TPSA) is 56.2 Å². The molecule has 2 aromatic rings. The third kappa shape index (κ3) is 1.61. The highest BCUT2D eigenvalue weighted by atomic mass is 15.2. The normalized spacial score (nSPS) is 13.3. The average molecular weight is 204 g/mol. The quantitative estimate of drug-likeness (QED) is 0.821. The highest BCUT2D eigenvalue weighted by molar-refractivity contribution is 5.40. The Morgan fingerprint density at radius 1 is 1.40 bits per heavy atom. The number of hydrogen-bond donors (Lipinski definition) is 1. The number of aromatic nitrogens is 3. The summed E-state index contributed by atoms with van der Waals surface area (Å²) < 4.78 is 2.11. The lowest BCUT2D eigenvalue weighted by molar-refractivity contribution is 0.718. The van der Waals surface area contributed by atoms with Crippen molar-refractivity contribution in [1.29, 1.82) is 0 Å². The van der Waals surface area contributed by atoms with E-state index in [0.29, 0.717) is 12.5 Å². The fourth-order valence-electron chi connectivity index (χ4n) is 1.76. The molecule has 15 heavy (non-hydrogen) atoms. The van der Waals surface area contributed by atoms with Crippen LogP contribution in [0.5, 0.6) is 0 Å². The Hall–Kier alpha value is -1.42. The van der Waals surface area contributed by atoms with Crippen LogP contribution >= 0.6 is 0 Å². The summed E-state index contributed by atoms with van der Waals surface area (Å²) in [6, 6.07) is 6.07. The number of fused-ring (bicyclic) bond motifs is 1. The minimum atomic E-state index is 0.329. The van der Waals surface area contributed by atoms with Crippen LogP contribution in [0.15, 0.2) is 18.2 Å². The van der Waals surface area contributed by atoms with Crippen molar-refractivity contribution in [2.45, 2.75) is 26.2 Å². The first-order chi connectivity index (χ1) is 7.27. The van der Waals surface area contributed by atoms with Crippen LogP contribution < -0.4 is 5.73 Å². The molecule has 0 aliphatic carbocycles. The number of hydrogen-bond acceptors (Lipinski definition) is 3. The highest BCUT2D eigenvalue weighted by Gasteiger charge is 2.11. The molecule has 2 heterocycles. The summed E-state index contributed by atoms with van der Waals surface area (Å²) in [6.07, 6.45) is 0.884. The molecule has 2 rings (SSSR count). The molecular formula is C11H16N4. The maximum Gasteiger partial charge on any atom is 0.160 e. The van der Waals surface area contributed by atoms with Gasteiger partial charge >= 0.3 is 0 Å². The minimum Gasteiger partial charge on any atom is -0.330 e. The molecule has 4 heteroatoms. The second-order valence-electron chi connectivity index (χ2n) is 3.75. The van der Waals surface area contributed by atoms with Gasteiger partial charge in [-0.3, -0.25) is 4.40 Å². The Morgan fingerprint density at radius 3 is 2.87 bits per heavy atom. The monoisotopic (exact) mass is 204 g/mol. The zero-order valence-electron chi connectivity index (χ0n) is 9.14. The summed E-state index contributed by atoms with van der Waals surface area (Å²) in [6.45, 7) is 4.84. The van der Waals surface area contributed by atoms with E-state index in [1.807, 2.05) is 12.1 Å². The number of nitrogens with two attached hydrogens (primary N) is 1. The summed E-state index contributed by atoms with van der Waals surface area (Å²) >= 11 is 0. The van der Waals surface area contributed by atoms with Crippen molar-refractivity contribution in [3.63, 3.8) is 0 Å². The first-order valence-corrected chi connectivity index (χ1v) is 5.31. The van der Waals surface area contributed by atoms with Crippen LogP contribution in [-0.4, -0.2) is 21.1 Å². The molecule has 0 saturated carbocycles. The van der Waals surface area contributed by atoms with Crippen molar-refractivity contribution in [3.05, 3.63) is 29.7 Å². The second-order valence-corrected chi connectivity index (χ2v) is 3.75. The van der Waals surface area contributed by atoms with Crippen LogP contribution in [0.2, 0.25) is 0 Å². The van der Waals surface area contributed by atoms with Gasteiger partial charge in [0.05, 0.1) is 0 Å². The molecule has 4 nitrogen and oxygen atoms in total. The predicted octanol–water partition coefficient (Wildman–Crippen LogP) is 1.35. The van der Waals surface area contributed by atoms with Crippen LogP contribution in [0, 0.1) is 0 Å². The first kappa shape index (κ1) is 10.1. The third-order valence-corrected chi connectivity index (χ3v) is 2.70. The van der Waals surface area contributed by atoms with E-state index in [-0.39, 0.29) is 0 Å². The van der Waals surface area contributed by atoms with Crippen molar-refractivity contribution in [1.82, 2.24) is 14.6 Å². The van der Waals surface area contributed by atoms with Crippen LogP contribution in [0.25, 0.3) is 5.65 Å². The molecule has 0 amide bonds. The van der Waals surface area contributed by atoms with Gasteiger partial charge in [-0.25, -0.2) is 0 Å². The Kier molecular flexibility index (Phi) is 2.68. The van der Waals surface area contributed by atoms with E-state index < -0.39 is 0 Å². The fraction of sp³-hybridized carbons (Fsp3) is 0.455. The van der Waals surface area contributed by atoms with Gasteiger partial charge in [0.25, 0.3) is 0 Å². The summed E-state index contributed by atoms with van der Waals surface area (Å²) in [5, 5.41) is 8.30. The summed E-state index contributed by atoms with van der Waals surface area (Å²) in [5.41, 5.74) is 7.80. The molecule has 0 saturated heterocycles. The van der Waals surface area contributed by atoms with E-state index in [9.17, 15) is 0 Å². The van der Waals surface area contributed by atoms with E-state index in [4.69, 9.17) is 5.73 Å². The van der Waals surface area contributed by atoms with Gasteiger partial charge in [-0.05, 0) is 12.1 Å². The smallest absolute Gasteiger partial charge is 0.160 e. The van der Waals surface area contributed by atoms with Crippen molar-refractivity contribution < 1.29 is 0 Å². The van der Waals surface area contributed by atoms with Gasteiger partial charge in [0.2, 0.25) is 0 Å². The zero-order chi connectivity index (χ0) is 10.8. The number of rotatable bonds is 3. The Morgan fingerprint density at radius 2 is 2.20 bits per heavy atom. The van der Waals surface area contributed by atoms with Crippen molar-refractivity contribution in [2.75, 3.05) is 6.54 Å². The van der Waals surface area contributed by atoms with Crippen LogP contribution in [0.3, 0.4) is 0 Å². The maximum atomic E-state index is 5.70. The van der Waals surface area contributed by atoms with Gasteiger partial charge in [-0.2, -0.15) is 0 Å². The first-order valence-electron chi connectivity index (χ1n) is 5.31. The molecule has 0 radical (unpaired) electrons. The molecule has 2 aromatic heterocycles. The zero-order valence-corrected chi connectivity index (χ0v) is 9.14. The number of nitrogens with zero attached hydrogens (tertiary/aromatic N) is 3. The van der Waals surface area contributed by atoms with E-state index >= 15 is 0 Å². The molecule has 1 unspecified atom stereocenters. The molecular weight excluding hydrogens is 188 g/mol. The van der Waals surface area contributed by atoms with Gasteiger partial charge in [-0.15, -0.1) is 10.2 Å². The molecule has 0 aromatic carbocycles. The molecule has 0 fully saturated rings. The van der Waals surface area contributed by atoms with E-state index in [1.165, 1.54) is 5.69 Å². The molecule has 0 aliphatic rings. The minimum absolute atomic E-state index is 0.329. The van der Waals surface area contributed by atoms with E-state index in [0.717, 1.165) is 17.9 Å². The molecule has 2 N–H and O–H groups in total. The van der Waals surface area contributed by atoms with Crippen molar-refractivity contribution in [2.24, 2.45) is 5.73 Å². The van der Waals surface area contributed by atoms with Crippen molar-refractivity contribution in [3.8, 4) is 0 Å². The van der Waals surface area contributed by atoms with E-state index in [2.05, 4.69) is 34.5 Å². The third-order valence-electron chi connectivity index (χ3n) is 2.70. The molecule has 0 aliphatic heterocycles. The van der Waals surface area contributed by atoms with Crippen LogP contribution in [0.1, 0.15) is 31.3 Å². The summed E-state index contributed by atoms with van der Waals surface area (Å²) in [5.74, 6) is 1.33. The van der Waals surface area contributed by atoms with Crippen molar-refractivity contribution >= 4 is 5.65 Å². The lowest BCUT2D eigenvalue weighted by Crippen LogP contribution is -2.13. The fourth-order valence-corrected chi connectivity index (χ4v) is 1.76. The molecule has 0 bridgehead atoms. The lowest BCUT2D eigenvalue weighted by atomic mass is 10.1. The average Bonchev–Trinajstić information content (AvgIpc) is 2.70. The Labute approximate surface area is 89.1 Å². The lowest BCUT2D eigenvalue weighted by Gasteiger charge is -2.12. The van der Waals surface area contributed by atoms with E-state index in [1.54, 1.807) is 0 Å². The Bertz CT molecular complexity index is 461. The van der Waals surface area contributed by atoms with Gasteiger partial charge in [0.15, 0.2) is 5.65 Å². The van der Waals surface area contributed by atoms with Gasteiger partial charge < -0.3 is 5.73 Å². The number of aryl methyl sites for hydroxylation is 1. The maximum absolute atomic E-state index is 5.70.